The van der Waals surface area contributed by atoms with E-state index in [2.05, 4.69) is 58.6 Å². The maximum atomic E-state index is 10.7. The van der Waals surface area contributed by atoms with Crippen molar-refractivity contribution in [3.8, 4) is 11.5 Å². The second-order valence-electron chi connectivity index (χ2n) is 9.49. The summed E-state index contributed by atoms with van der Waals surface area (Å²) in [4.78, 5) is 2.42. The molecule has 0 heterocycles. The first-order chi connectivity index (χ1) is 13.2. The van der Waals surface area contributed by atoms with E-state index in [0.29, 0.717) is 25.1 Å². The van der Waals surface area contributed by atoms with Crippen LogP contribution in [0.15, 0.2) is 12.1 Å². The lowest BCUT2D eigenvalue weighted by Gasteiger charge is -2.31. The van der Waals surface area contributed by atoms with Crippen LogP contribution in [-0.2, 0) is 5.41 Å². The third-order valence-electron chi connectivity index (χ3n) is 5.87. The molecule has 1 unspecified atom stereocenters. The highest BCUT2D eigenvalue weighted by Gasteiger charge is 2.26. The maximum absolute atomic E-state index is 10.7. The van der Waals surface area contributed by atoms with Gasteiger partial charge in [0.15, 0.2) is 0 Å². The minimum atomic E-state index is -0.490. The van der Waals surface area contributed by atoms with Gasteiger partial charge in [-0.25, -0.2) is 0 Å². The van der Waals surface area contributed by atoms with Gasteiger partial charge in [0.05, 0.1) is 7.11 Å². The SMILES string of the molecule is CCN(CC(O)COc1c(C(C)C)cc(OC)cc1C(C)(C)C)C1CCCC1. The fraction of sp³-hybridized carbons (Fsp3) is 0.750. The summed E-state index contributed by atoms with van der Waals surface area (Å²) < 4.78 is 11.8. The second kappa shape index (κ2) is 9.98. The molecule has 2 rings (SSSR count). The Kier molecular flexibility index (Phi) is 8.20. The molecule has 0 aliphatic heterocycles. The molecule has 4 nitrogen and oxygen atoms in total. The average Bonchev–Trinajstić information content (AvgIpc) is 3.17. The maximum Gasteiger partial charge on any atom is 0.126 e. The molecular weight excluding hydrogens is 350 g/mol. The van der Waals surface area contributed by atoms with Gasteiger partial charge in [-0.05, 0) is 42.9 Å². The fourth-order valence-electron chi connectivity index (χ4n) is 4.20. The Morgan fingerprint density at radius 3 is 2.32 bits per heavy atom. The van der Waals surface area contributed by atoms with Crippen LogP contribution in [0.4, 0.5) is 0 Å². The summed E-state index contributed by atoms with van der Waals surface area (Å²) in [6.07, 6.45) is 4.64. The van der Waals surface area contributed by atoms with Crippen LogP contribution in [0.2, 0.25) is 0 Å². The molecule has 0 amide bonds. The van der Waals surface area contributed by atoms with Gasteiger partial charge in [0.25, 0.3) is 0 Å². The summed E-state index contributed by atoms with van der Waals surface area (Å²) >= 11 is 0. The number of rotatable bonds is 9. The van der Waals surface area contributed by atoms with Crippen molar-refractivity contribution in [1.29, 1.82) is 0 Å². The van der Waals surface area contributed by atoms with E-state index in [4.69, 9.17) is 9.47 Å². The molecule has 1 aromatic carbocycles. The van der Waals surface area contributed by atoms with E-state index in [-0.39, 0.29) is 5.41 Å². The average molecular weight is 392 g/mol. The zero-order valence-electron chi connectivity index (χ0n) is 19.0. The Bertz CT molecular complexity index is 615. The molecule has 1 aliphatic carbocycles. The van der Waals surface area contributed by atoms with E-state index in [1.807, 2.05) is 0 Å². The largest absolute Gasteiger partial charge is 0.497 e. The van der Waals surface area contributed by atoms with Gasteiger partial charge < -0.3 is 14.6 Å². The van der Waals surface area contributed by atoms with Gasteiger partial charge in [-0.1, -0.05) is 54.4 Å². The lowest BCUT2D eigenvalue weighted by molar-refractivity contribution is 0.0541. The van der Waals surface area contributed by atoms with Gasteiger partial charge in [0.1, 0.15) is 24.2 Å². The van der Waals surface area contributed by atoms with Crippen molar-refractivity contribution in [2.45, 2.75) is 90.7 Å². The van der Waals surface area contributed by atoms with E-state index in [9.17, 15) is 5.11 Å². The van der Waals surface area contributed by atoms with Crippen LogP contribution < -0.4 is 9.47 Å². The highest BCUT2D eigenvalue weighted by Crippen LogP contribution is 2.40. The van der Waals surface area contributed by atoms with E-state index in [1.54, 1.807) is 7.11 Å². The molecule has 1 N–H and O–H groups in total. The number of likely N-dealkylation sites (N-methyl/N-ethyl adjacent to an activating group) is 1. The minimum absolute atomic E-state index is 0.0717. The number of methoxy groups -OCH3 is 1. The van der Waals surface area contributed by atoms with Gasteiger partial charge in [-0.3, -0.25) is 4.90 Å². The molecule has 0 radical (unpaired) electrons. The molecule has 1 aromatic rings. The van der Waals surface area contributed by atoms with Crippen LogP contribution in [-0.4, -0.2) is 49.0 Å². The van der Waals surface area contributed by atoms with Crippen LogP contribution in [0.5, 0.6) is 11.5 Å². The normalized spacial score (nSPS) is 16.8. The van der Waals surface area contributed by atoms with Crippen LogP contribution in [0.3, 0.4) is 0 Å². The topological polar surface area (TPSA) is 41.9 Å². The number of hydrogen-bond donors (Lipinski definition) is 1. The zero-order valence-corrected chi connectivity index (χ0v) is 19.0. The van der Waals surface area contributed by atoms with Crippen molar-refractivity contribution in [3.63, 3.8) is 0 Å². The van der Waals surface area contributed by atoms with Crippen LogP contribution >= 0.6 is 0 Å². The highest BCUT2D eigenvalue weighted by molar-refractivity contribution is 5.51. The molecule has 0 saturated heterocycles. The van der Waals surface area contributed by atoms with Crippen molar-refractivity contribution in [2.24, 2.45) is 0 Å². The molecule has 4 heteroatoms. The molecule has 160 valence electrons. The zero-order chi connectivity index (χ0) is 20.9. The molecule has 0 spiro atoms. The van der Waals surface area contributed by atoms with Crippen LogP contribution in [0.25, 0.3) is 0 Å². The quantitative estimate of drug-likeness (QED) is 0.634. The molecule has 1 fully saturated rings. The molecule has 0 aromatic heterocycles. The number of hydrogen-bond acceptors (Lipinski definition) is 4. The Balaban J connectivity index is 2.17. The lowest BCUT2D eigenvalue weighted by Crippen LogP contribution is -2.41. The van der Waals surface area contributed by atoms with Crippen molar-refractivity contribution >= 4 is 0 Å². The number of benzene rings is 1. The standard InChI is InChI=1S/C24H41NO3/c1-8-25(18-11-9-10-12-18)15-19(26)16-28-23-21(17(2)3)13-20(27-7)14-22(23)24(4,5)6/h13-14,17-19,26H,8-12,15-16H2,1-7H3. The van der Waals surface area contributed by atoms with Gasteiger partial charge in [0.2, 0.25) is 0 Å². The minimum Gasteiger partial charge on any atom is -0.497 e. The summed E-state index contributed by atoms with van der Waals surface area (Å²) in [5.41, 5.74) is 2.20. The number of nitrogens with zero attached hydrogens (tertiary/aromatic N) is 1. The predicted molar refractivity (Wildman–Crippen MR) is 117 cm³/mol. The van der Waals surface area contributed by atoms with E-state index in [1.165, 1.54) is 25.7 Å². The van der Waals surface area contributed by atoms with Crippen molar-refractivity contribution in [3.05, 3.63) is 23.3 Å². The van der Waals surface area contributed by atoms with Crippen LogP contribution in [0.1, 0.15) is 84.3 Å². The highest BCUT2D eigenvalue weighted by atomic mass is 16.5. The first-order valence-electron chi connectivity index (χ1n) is 10.9. The van der Waals surface area contributed by atoms with Crippen LogP contribution in [0, 0.1) is 0 Å². The summed E-state index contributed by atoms with van der Waals surface area (Å²) in [7, 11) is 1.71. The third-order valence-corrected chi connectivity index (χ3v) is 5.87. The first-order valence-corrected chi connectivity index (χ1v) is 10.9. The first kappa shape index (κ1) is 23.0. The molecule has 1 aliphatic rings. The fourth-order valence-corrected chi connectivity index (χ4v) is 4.20. The van der Waals surface area contributed by atoms with Gasteiger partial charge in [-0.2, -0.15) is 0 Å². The van der Waals surface area contributed by atoms with Gasteiger partial charge in [-0.15, -0.1) is 0 Å². The number of aliphatic hydroxyl groups excluding tert-OH is 1. The van der Waals surface area contributed by atoms with Gasteiger partial charge in [0, 0.05) is 23.7 Å². The smallest absolute Gasteiger partial charge is 0.126 e. The molecule has 1 saturated carbocycles. The van der Waals surface area contributed by atoms with Crippen molar-refractivity contribution in [1.82, 2.24) is 4.90 Å². The lowest BCUT2D eigenvalue weighted by atomic mass is 9.83. The third kappa shape index (κ3) is 5.87. The number of ether oxygens (including phenoxy) is 2. The van der Waals surface area contributed by atoms with Crippen molar-refractivity contribution in [2.75, 3.05) is 26.8 Å². The molecule has 0 bridgehead atoms. The molecular formula is C24H41NO3. The Morgan fingerprint density at radius 1 is 1.18 bits per heavy atom. The van der Waals surface area contributed by atoms with E-state index < -0.39 is 6.10 Å². The molecule has 1 atom stereocenters. The summed E-state index contributed by atoms with van der Waals surface area (Å²) in [5, 5.41) is 10.7. The summed E-state index contributed by atoms with van der Waals surface area (Å²) in [5.74, 6) is 2.08. The second-order valence-corrected chi connectivity index (χ2v) is 9.49. The van der Waals surface area contributed by atoms with Gasteiger partial charge >= 0.3 is 0 Å². The summed E-state index contributed by atoms with van der Waals surface area (Å²) in [6.45, 7) is 15.1. The monoisotopic (exact) mass is 391 g/mol. The Hall–Kier alpha value is -1.26. The van der Waals surface area contributed by atoms with Crippen molar-refractivity contribution < 1.29 is 14.6 Å². The van der Waals surface area contributed by atoms with E-state index >= 15 is 0 Å². The van der Waals surface area contributed by atoms with E-state index in [0.717, 1.165) is 29.2 Å². The Morgan fingerprint density at radius 2 is 1.82 bits per heavy atom. The molecule has 28 heavy (non-hydrogen) atoms. The predicted octanol–water partition coefficient (Wildman–Crippen LogP) is 5.12. The summed E-state index contributed by atoms with van der Waals surface area (Å²) in [6, 6.07) is 4.76. The number of aliphatic hydroxyl groups is 1. The Labute approximate surface area is 172 Å².